The first-order valence-corrected chi connectivity index (χ1v) is 5.27. The van der Waals surface area contributed by atoms with Gasteiger partial charge in [0.05, 0.1) is 5.92 Å². The lowest BCUT2D eigenvalue weighted by molar-refractivity contribution is -0.138. The van der Waals surface area contributed by atoms with Gasteiger partial charge in [-0.3, -0.25) is 9.59 Å². The zero-order valence-electron chi connectivity index (χ0n) is 8.79. The molecule has 1 N–H and O–H groups in total. The first kappa shape index (κ1) is 10.0. The lowest BCUT2D eigenvalue weighted by atomic mass is 10.1. The average Bonchev–Trinajstić information content (AvgIpc) is 2.99. The highest BCUT2D eigenvalue weighted by Crippen LogP contribution is 2.41. The van der Waals surface area contributed by atoms with Gasteiger partial charge in [0.15, 0.2) is 17.8 Å². The predicted octanol–water partition coefficient (Wildman–Crippen LogP) is 1.73. The molecule has 2 atom stereocenters. The standard InChI is InChI=1S/C12H9NO4/c14-11(7-4-8(7)12(15)16)6-1-2-10-9(3-6)13-5-17-10/h1-3,5,7-8H,4H2,(H,15,16). The molecule has 0 saturated heterocycles. The van der Waals surface area contributed by atoms with Gasteiger partial charge in [-0.2, -0.15) is 0 Å². The third kappa shape index (κ3) is 1.60. The third-order valence-electron chi connectivity index (χ3n) is 3.06. The van der Waals surface area contributed by atoms with Crippen molar-refractivity contribution in [3.05, 3.63) is 30.2 Å². The number of rotatable bonds is 3. The van der Waals surface area contributed by atoms with Crippen molar-refractivity contribution in [2.45, 2.75) is 6.42 Å². The normalized spacial score (nSPS) is 22.6. The second-order valence-electron chi connectivity index (χ2n) is 4.19. The van der Waals surface area contributed by atoms with Crippen LogP contribution in [0.2, 0.25) is 0 Å². The molecule has 17 heavy (non-hydrogen) atoms. The molecule has 1 aliphatic carbocycles. The number of carboxylic acids is 1. The monoisotopic (exact) mass is 231 g/mol. The Morgan fingerprint density at radius 3 is 2.88 bits per heavy atom. The number of Topliss-reactive ketones (excluding diaryl/α,β-unsaturated/α-hetero) is 1. The summed E-state index contributed by atoms with van der Waals surface area (Å²) in [6.07, 6.45) is 1.75. The Morgan fingerprint density at radius 2 is 2.18 bits per heavy atom. The lowest BCUT2D eigenvalue weighted by Gasteiger charge is -1.98. The summed E-state index contributed by atoms with van der Waals surface area (Å²) in [6, 6.07) is 4.96. The smallest absolute Gasteiger partial charge is 0.307 e. The van der Waals surface area contributed by atoms with E-state index in [0.717, 1.165) is 0 Å². The number of ketones is 1. The van der Waals surface area contributed by atoms with Crippen LogP contribution in [0.4, 0.5) is 0 Å². The second-order valence-corrected chi connectivity index (χ2v) is 4.19. The predicted molar refractivity (Wildman–Crippen MR) is 57.6 cm³/mol. The summed E-state index contributed by atoms with van der Waals surface area (Å²) in [5, 5.41) is 8.78. The minimum absolute atomic E-state index is 0.123. The van der Waals surface area contributed by atoms with E-state index in [1.165, 1.54) is 6.39 Å². The first-order chi connectivity index (χ1) is 8.16. The summed E-state index contributed by atoms with van der Waals surface area (Å²) in [7, 11) is 0. The Bertz CT molecular complexity index is 616. The summed E-state index contributed by atoms with van der Waals surface area (Å²) >= 11 is 0. The summed E-state index contributed by atoms with van der Waals surface area (Å²) < 4.78 is 5.07. The fraction of sp³-hybridized carbons (Fsp3) is 0.250. The fourth-order valence-electron chi connectivity index (χ4n) is 1.98. The number of carbonyl (C=O) groups excluding carboxylic acids is 1. The Labute approximate surface area is 96.1 Å². The molecule has 86 valence electrons. The van der Waals surface area contributed by atoms with Crippen molar-refractivity contribution in [3.8, 4) is 0 Å². The maximum atomic E-state index is 12.0. The minimum atomic E-state index is -0.897. The topological polar surface area (TPSA) is 80.4 Å². The highest BCUT2D eigenvalue weighted by Gasteiger charge is 2.48. The van der Waals surface area contributed by atoms with Crippen LogP contribution in [-0.4, -0.2) is 21.8 Å². The molecule has 2 aromatic rings. The van der Waals surface area contributed by atoms with Crippen molar-refractivity contribution in [3.63, 3.8) is 0 Å². The van der Waals surface area contributed by atoms with Crippen molar-refractivity contribution in [1.82, 2.24) is 4.98 Å². The Balaban J connectivity index is 1.89. The number of hydrogen-bond acceptors (Lipinski definition) is 4. The molecule has 0 amide bonds. The molecule has 1 aromatic carbocycles. The van der Waals surface area contributed by atoms with Crippen molar-refractivity contribution in [2.75, 3.05) is 0 Å². The van der Waals surface area contributed by atoms with Crippen LogP contribution in [0.15, 0.2) is 29.0 Å². The minimum Gasteiger partial charge on any atom is -0.481 e. The summed E-state index contributed by atoms with van der Waals surface area (Å²) in [4.78, 5) is 26.6. The van der Waals surface area contributed by atoms with Gasteiger partial charge in [0.2, 0.25) is 0 Å². The van der Waals surface area contributed by atoms with E-state index in [4.69, 9.17) is 9.52 Å². The number of benzene rings is 1. The van der Waals surface area contributed by atoms with E-state index >= 15 is 0 Å². The first-order valence-electron chi connectivity index (χ1n) is 5.27. The molecule has 3 rings (SSSR count). The Kier molecular flexibility index (Phi) is 2.01. The number of hydrogen-bond donors (Lipinski definition) is 1. The number of carbonyl (C=O) groups is 2. The van der Waals surface area contributed by atoms with Crippen molar-refractivity contribution in [2.24, 2.45) is 11.8 Å². The van der Waals surface area contributed by atoms with E-state index in [2.05, 4.69) is 4.98 Å². The molecule has 1 heterocycles. The van der Waals surface area contributed by atoms with E-state index in [0.29, 0.717) is 23.1 Å². The SMILES string of the molecule is O=C(O)C1CC1C(=O)c1ccc2ocnc2c1. The van der Waals surface area contributed by atoms with Crippen LogP contribution in [0.5, 0.6) is 0 Å². The van der Waals surface area contributed by atoms with Crippen LogP contribution >= 0.6 is 0 Å². The maximum absolute atomic E-state index is 12.0. The number of nitrogens with zero attached hydrogens (tertiary/aromatic N) is 1. The summed E-state index contributed by atoms with van der Waals surface area (Å²) in [6.45, 7) is 0. The van der Waals surface area contributed by atoms with Crippen LogP contribution in [0.1, 0.15) is 16.8 Å². The molecule has 1 aliphatic rings. The number of fused-ring (bicyclic) bond motifs is 1. The molecule has 0 spiro atoms. The van der Waals surface area contributed by atoms with Gasteiger partial charge in [-0.15, -0.1) is 0 Å². The fourth-order valence-corrected chi connectivity index (χ4v) is 1.98. The molecule has 1 saturated carbocycles. The molecule has 5 nitrogen and oxygen atoms in total. The molecule has 5 heteroatoms. The van der Waals surface area contributed by atoms with Gasteiger partial charge in [-0.25, -0.2) is 4.98 Å². The number of aliphatic carboxylic acids is 1. The molecule has 0 bridgehead atoms. The van der Waals surface area contributed by atoms with Gasteiger partial charge < -0.3 is 9.52 Å². The van der Waals surface area contributed by atoms with E-state index in [1.807, 2.05) is 0 Å². The van der Waals surface area contributed by atoms with Crippen molar-refractivity contribution in [1.29, 1.82) is 0 Å². The van der Waals surface area contributed by atoms with Crippen LogP contribution in [-0.2, 0) is 4.79 Å². The van der Waals surface area contributed by atoms with Gasteiger partial charge in [-0.1, -0.05) is 0 Å². The van der Waals surface area contributed by atoms with Gasteiger partial charge in [0, 0.05) is 11.5 Å². The van der Waals surface area contributed by atoms with Crippen LogP contribution < -0.4 is 0 Å². The third-order valence-corrected chi connectivity index (χ3v) is 3.06. The second kappa shape index (κ2) is 3.41. The van der Waals surface area contributed by atoms with Crippen molar-refractivity contribution < 1.29 is 19.1 Å². The quantitative estimate of drug-likeness (QED) is 0.813. The molecule has 0 radical (unpaired) electrons. The van der Waals surface area contributed by atoms with Gasteiger partial charge >= 0.3 is 5.97 Å². The zero-order chi connectivity index (χ0) is 12.0. The van der Waals surface area contributed by atoms with Crippen LogP contribution in [0.3, 0.4) is 0 Å². The van der Waals surface area contributed by atoms with Gasteiger partial charge in [0.1, 0.15) is 5.52 Å². The number of carboxylic acid groups (broad SMARTS) is 1. The maximum Gasteiger partial charge on any atom is 0.307 e. The van der Waals surface area contributed by atoms with Gasteiger partial charge in [0.25, 0.3) is 0 Å². The molecule has 1 aromatic heterocycles. The lowest BCUT2D eigenvalue weighted by Crippen LogP contribution is -2.08. The largest absolute Gasteiger partial charge is 0.481 e. The summed E-state index contributed by atoms with van der Waals surface area (Å²) in [5.74, 6) is -1.92. The van der Waals surface area contributed by atoms with Crippen LogP contribution in [0, 0.1) is 11.8 Å². The average molecular weight is 231 g/mol. The zero-order valence-corrected chi connectivity index (χ0v) is 8.79. The van der Waals surface area contributed by atoms with E-state index in [-0.39, 0.29) is 11.7 Å². The van der Waals surface area contributed by atoms with E-state index in [9.17, 15) is 9.59 Å². The highest BCUT2D eigenvalue weighted by atomic mass is 16.4. The van der Waals surface area contributed by atoms with E-state index in [1.54, 1.807) is 18.2 Å². The molecule has 2 unspecified atom stereocenters. The number of aromatic nitrogens is 1. The molecule has 1 fully saturated rings. The molecule has 0 aliphatic heterocycles. The Hall–Kier alpha value is -2.17. The Morgan fingerprint density at radius 1 is 1.35 bits per heavy atom. The molecular weight excluding hydrogens is 222 g/mol. The highest BCUT2D eigenvalue weighted by molar-refractivity contribution is 6.04. The van der Waals surface area contributed by atoms with E-state index < -0.39 is 11.9 Å². The van der Waals surface area contributed by atoms with Crippen LogP contribution in [0.25, 0.3) is 11.1 Å². The summed E-state index contributed by atoms with van der Waals surface area (Å²) in [5.41, 5.74) is 1.73. The number of oxazole rings is 1. The molecular formula is C12H9NO4. The van der Waals surface area contributed by atoms with Crippen molar-refractivity contribution >= 4 is 22.9 Å². The van der Waals surface area contributed by atoms with Gasteiger partial charge in [-0.05, 0) is 24.6 Å².